The van der Waals surface area contributed by atoms with Crippen LogP contribution in [0.3, 0.4) is 0 Å². The molecular formula is C27H26N8O2S. The Morgan fingerprint density at radius 2 is 1.79 bits per heavy atom. The second-order valence-electron chi connectivity index (χ2n) is 9.36. The van der Waals surface area contributed by atoms with Gasteiger partial charge in [0.05, 0.1) is 5.69 Å². The first-order valence-electron chi connectivity index (χ1n) is 12.5. The molecule has 2 aromatic heterocycles. The van der Waals surface area contributed by atoms with Crippen molar-refractivity contribution in [3.05, 3.63) is 71.4 Å². The minimum absolute atomic E-state index is 0.108. The molecule has 4 aromatic rings. The van der Waals surface area contributed by atoms with Gasteiger partial charge in [0.1, 0.15) is 16.5 Å². The number of hydrogen-bond donors (Lipinski definition) is 2. The van der Waals surface area contributed by atoms with E-state index in [-0.39, 0.29) is 16.6 Å². The third kappa shape index (κ3) is 4.85. The fourth-order valence-electron chi connectivity index (χ4n) is 5.02. The Labute approximate surface area is 223 Å². The second kappa shape index (κ2) is 10.3. The summed E-state index contributed by atoms with van der Waals surface area (Å²) in [4.78, 5) is 39.4. The summed E-state index contributed by atoms with van der Waals surface area (Å²) < 4.78 is 0. The van der Waals surface area contributed by atoms with E-state index in [1.54, 1.807) is 12.1 Å². The van der Waals surface area contributed by atoms with Crippen molar-refractivity contribution < 1.29 is 9.59 Å². The zero-order chi connectivity index (χ0) is 26.1. The summed E-state index contributed by atoms with van der Waals surface area (Å²) in [6.45, 7) is 3.87. The van der Waals surface area contributed by atoms with E-state index in [2.05, 4.69) is 30.3 Å². The van der Waals surface area contributed by atoms with Crippen LogP contribution in [-0.2, 0) is 0 Å². The van der Waals surface area contributed by atoms with Crippen molar-refractivity contribution in [3.8, 4) is 22.0 Å². The summed E-state index contributed by atoms with van der Waals surface area (Å²) in [5, 5.41) is 11.5. The molecule has 4 heterocycles. The Kier molecular flexibility index (Phi) is 6.52. The smallest absolute Gasteiger partial charge is 0.279 e. The van der Waals surface area contributed by atoms with Crippen LogP contribution in [0.4, 0.5) is 11.5 Å². The number of aromatic nitrogens is 4. The predicted molar refractivity (Wildman–Crippen MR) is 146 cm³/mol. The van der Waals surface area contributed by atoms with Gasteiger partial charge in [-0.05, 0) is 31.5 Å². The largest absolute Gasteiger partial charge is 0.363 e. The molecule has 10 nitrogen and oxygen atoms in total. The first kappa shape index (κ1) is 24.1. The number of nitrogens with two attached hydrogens (primary N) is 1. The van der Waals surface area contributed by atoms with E-state index in [0.717, 1.165) is 48.9 Å². The van der Waals surface area contributed by atoms with Crippen LogP contribution in [0.15, 0.2) is 60.7 Å². The molecule has 0 saturated carbocycles. The highest BCUT2D eigenvalue weighted by Crippen LogP contribution is 2.31. The van der Waals surface area contributed by atoms with Gasteiger partial charge in [-0.1, -0.05) is 53.8 Å². The van der Waals surface area contributed by atoms with E-state index in [4.69, 9.17) is 10.7 Å². The lowest BCUT2D eigenvalue weighted by Gasteiger charge is -2.38. The number of nitrogens with one attached hydrogen (secondary N) is 1. The number of anilines is 2. The molecule has 38 heavy (non-hydrogen) atoms. The number of hydrogen-bond acceptors (Lipinski definition) is 9. The number of benzene rings is 2. The molecule has 1 atom stereocenters. The molecule has 6 rings (SSSR count). The Balaban J connectivity index is 1.33. The van der Waals surface area contributed by atoms with Crippen LogP contribution in [-0.4, -0.2) is 69.1 Å². The molecule has 0 bridgehead atoms. The lowest BCUT2D eigenvalue weighted by molar-refractivity contribution is 0.0996. The Hall–Kier alpha value is -4.22. The topological polar surface area (TPSA) is 130 Å². The number of carbonyl (C=O) groups excluding carboxylic acids is 2. The first-order valence-corrected chi connectivity index (χ1v) is 13.3. The minimum atomic E-state index is -0.643. The molecule has 2 aliphatic rings. The highest BCUT2D eigenvalue weighted by Gasteiger charge is 2.31. The molecule has 192 valence electrons. The maximum Gasteiger partial charge on any atom is 0.279 e. The standard InChI is InChI=1S/C27H26N8O2S/c28-23(36)27-33-32-26(38-27)19-10-4-5-11-20(19)30-25(37)21-15-22(31-24(29-21)17-7-2-1-3-8-17)35-14-13-34-12-6-9-18(34)16-35/h1-5,7-8,10-11,15,18H,6,9,12-14,16H2,(H2,28,36)(H,30,37). The van der Waals surface area contributed by atoms with Gasteiger partial charge in [0.2, 0.25) is 5.01 Å². The van der Waals surface area contributed by atoms with Crippen molar-refractivity contribution in [3.63, 3.8) is 0 Å². The van der Waals surface area contributed by atoms with E-state index >= 15 is 0 Å². The van der Waals surface area contributed by atoms with Crippen LogP contribution >= 0.6 is 11.3 Å². The number of rotatable bonds is 6. The Morgan fingerprint density at radius 3 is 2.61 bits per heavy atom. The maximum absolute atomic E-state index is 13.6. The normalized spacial score (nSPS) is 17.3. The second-order valence-corrected chi connectivity index (χ2v) is 10.3. The molecule has 2 amide bonds. The summed E-state index contributed by atoms with van der Waals surface area (Å²) in [6, 6.07) is 19.2. The Bertz CT molecular complexity index is 1490. The molecule has 2 saturated heterocycles. The molecular weight excluding hydrogens is 500 g/mol. The van der Waals surface area contributed by atoms with Crippen molar-refractivity contribution >= 4 is 34.7 Å². The zero-order valence-corrected chi connectivity index (χ0v) is 21.4. The van der Waals surface area contributed by atoms with Gasteiger partial charge in [-0.3, -0.25) is 14.5 Å². The van der Waals surface area contributed by atoms with Gasteiger partial charge in [0.15, 0.2) is 5.82 Å². The van der Waals surface area contributed by atoms with Crippen molar-refractivity contribution in [2.75, 3.05) is 36.4 Å². The molecule has 11 heteroatoms. The van der Waals surface area contributed by atoms with Crippen molar-refractivity contribution in [2.24, 2.45) is 5.73 Å². The average molecular weight is 527 g/mol. The summed E-state index contributed by atoms with van der Waals surface area (Å²) in [5.41, 5.74) is 7.63. The molecule has 3 N–H and O–H groups in total. The van der Waals surface area contributed by atoms with Crippen LogP contribution in [0.1, 0.15) is 33.1 Å². The van der Waals surface area contributed by atoms with Gasteiger partial charge < -0.3 is 16.0 Å². The molecule has 1 unspecified atom stereocenters. The number of carbonyl (C=O) groups is 2. The Morgan fingerprint density at radius 1 is 0.974 bits per heavy atom. The molecule has 0 spiro atoms. The van der Waals surface area contributed by atoms with Crippen molar-refractivity contribution in [2.45, 2.75) is 18.9 Å². The van der Waals surface area contributed by atoms with Crippen LogP contribution in [0.2, 0.25) is 0 Å². The van der Waals surface area contributed by atoms with E-state index in [9.17, 15) is 9.59 Å². The number of primary amides is 1. The summed E-state index contributed by atoms with van der Waals surface area (Å²) in [5.74, 6) is 0.248. The number of piperazine rings is 1. The molecule has 0 aliphatic carbocycles. The van der Waals surface area contributed by atoms with E-state index in [1.807, 2.05) is 48.5 Å². The van der Waals surface area contributed by atoms with Gasteiger partial charge in [-0.15, -0.1) is 10.2 Å². The highest BCUT2D eigenvalue weighted by atomic mass is 32.1. The monoisotopic (exact) mass is 526 g/mol. The van der Waals surface area contributed by atoms with Gasteiger partial charge in [-0.25, -0.2) is 9.97 Å². The van der Waals surface area contributed by atoms with Crippen LogP contribution in [0, 0.1) is 0 Å². The van der Waals surface area contributed by atoms with Gasteiger partial charge in [0.25, 0.3) is 11.8 Å². The van der Waals surface area contributed by atoms with Gasteiger partial charge >= 0.3 is 0 Å². The number of para-hydroxylation sites is 1. The number of amides is 2. The SMILES string of the molecule is NC(=O)c1nnc(-c2ccccc2NC(=O)c2cc(N3CCN4CCCC4C3)nc(-c3ccccc3)n2)s1. The van der Waals surface area contributed by atoms with Gasteiger partial charge in [-0.2, -0.15) is 0 Å². The number of nitrogens with zero attached hydrogens (tertiary/aromatic N) is 6. The molecule has 2 aromatic carbocycles. The summed E-state index contributed by atoms with van der Waals surface area (Å²) >= 11 is 1.08. The minimum Gasteiger partial charge on any atom is -0.363 e. The predicted octanol–water partition coefficient (Wildman–Crippen LogP) is 3.30. The zero-order valence-electron chi connectivity index (χ0n) is 20.6. The van der Waals surface area contributed by atoms with Crippen molar-refractivity contribution in [1.82, 2.24) is 25.1 Å². The highest BCUT2D eigenvalue weighted by molar-refractivity contribution is 7.16. The molecule has 2 aliphatic heterocycles. The fourth-order valence-corrected chi connectivity index (χ4v) is 5.76. The third-order valence-corrected chi connectivity index (χ3v) is 7.90. The summed E-state index contributed by atoms with van der Waals surface area (Å²) in [7, 11) is 0. The molecule has 0 radical (unpaired) electrons. The third-order valence-electron chi connectivity index (χ3n) is 6.93. The van der Waals surface area contributed by atoms with Crippen LogP contribution in [0.5, 0.6) is 0 Å². The van der Waals surface area contributed by atoms with E-state index < -0.39 is 5.91 Å². The van der Waals surface area contributed by atoms with Crippen LogP contribution in [0.25, 0.3) is 22.0 Å². The van der Waals surface area contributed by atoms with Gasteiger partial charge in [0, 0.05) is 42.9 Å². The number of fused-ring (bicyclic) bond motifs is 1. The lowest BCUT2D eigenvalue weighted by Crippen LogP contribution is -2.50. The van der Waals surface area contributed by atoms with Crippen molar-refractivity contribution in [1.29, 1.82) is 0 Å². The quantitative estimate of drug-likeness (QED) is 0.391. The maximum atomic E-state index is 13.6. The lowest BCUT2D eigenvalue weighted by atomic mass is 10.1. The summed E-state index contributed by atoms with van der Waals surface area (Å²) in [6.07, 6.45) is 2.40. The van der Waals surface area contributed by atoms with Crippen LogP contribution < -0.4 is 16.0 Å². The first-order chi connectivity index (χ1) is 18.5. The fraction of sp³-hybridized carbons (Fsp3) is 0.259. The average Bonchev–Trinajstić information content (AvgIpc) is 3.63. The van der Waals surface area contributed by atoms with E-state index in [1.165, 1.54) is 12.8 Å². The molecule has 2 fully saturated rings. The van der Waals surface area contributed by atoms with E-state index in [0.29, 0.717) is 28.1 Å².